The maximum Gasteiger partial charge on any atom is 0.224 e. The van der Waals surface area contributed by atoms with Crippen molar-refractivity contribution < 1.29 is 9.90 Å². The summed E-state index contributed by atoms with van der Waals surface area (Å²) in [4.78, 5) is 13.9. The van der Waals surface area contributed by atoms with Crippen LogP contribution in [0.15, 0.2) is 30.3 Å². The Morgan fingerprint density at radius 1 is 1.47 bits per heavy atom. The Balaban J connectivity index is 1.94. The van der Waals surface area contributed by atoms with Crippen molar-refractivity contribution in [1.29, 1.82) is 0 Å². The molecule has 0 bridgehead atoms. The lowest BCUT2D eigenvalue weighted by Crippen LogP contribution is -2.49. The molecule has 4 heteroatoms. The normalized spacial score (nSPS) is 25.1. The number of nitrogens with two attached hydrogens (primary N) is 1. The van der Waals surface area contributed by atoms with Gasteiger partial charge in [0, 0.05) is 25.6 Å². The van der Waals surface area contributed by atoms with E-state index in [2.05, 4.69) is 0 Å². The molecule has 1 aromatic rings. The Morgan fingerprint density at radius 3 is 2.79 bits per heavy atom. The minimum atomic E-state index is -0.759. The number of amides is 1. The predicted octanol–water partition coefficient (Wildman–Crippen LogP) is 1.45. The molecule has 0 spiro atoms. The van der Waals surface area contributed by atoms with E-state index in [9.17, 15) is 9.90 Å². The zero-order chi connectivity index (χ0) is 13.9. The van der Waals surface area contributed by atoms with Gasteiger partial charge in [0.1, 0.15) is 0 Å². The van der Waals surface area contributed by atoms with E-state index in [4.69, 9.17) is 5.73 Å². The first-order valence-electron chi connectivity index (χ1n) is 6.79. The number of β-amino-alcohol motifs (C(OH)–C–C–N with tert-alkyl or cyclic N) is 1. The van der Waals surface area contributed by atoms with Crippen molar-refractivity contribution in [3.8, 4) is 0 Å². The maximum atomic E-state index is 12.2. The molecule has 3 N–H and O–H groups in total. The molecule has 2 atom stereocenters. The van der Waals surface area contributed by atoms with Gasteiger partial charge in [0.05, 0.1) is 5.60 Å². The number of nitrogens with zero attached hydrogens (tertiary/aromatic N) is 1. The number of likely N-dealkylation sites (tertiary alicyclic amines) is 1. The summed E-state index contributed by atoms with van der Waals surface area (Å²) in [6.45, 7) is 2.91. The highest BCUT2D eigenvalue weighted by Crippen LogP contribution is 2.22. The van der Waals surface area contributed by atoms with E-state index in [0.29, 0.717) is 13.0 Å². The van der Waals surface area contributed by atoms with Crippen molar-refractivity contribution in [2.45, 2.75) is 37.8 Å². The Hall–Kier alpha value is -1.39. The molecular weight excluding hydrogens is 240 g/mol. The summed E-state index contributed by atoms with van der Waals surface area (Å²) in [6, 6.07) is 9.37. The number of carbonyl (C=O) groups excluding carboxylic acids is 1. The molecule has 2 unspecified atom stereocenters. The van der Waals surface area contributed by atoms with Gasteiger partial charge in [0.25, 0.3) is 0 Å². The number of carbonyl (C=O) groups is 1. The third kappa shape index (κ3) is 3.78. The van der Waals surface area contributed by atoms with Gasteiger partial charge < -0.3 is 15.7 Å². The van der Waals surface area contributed by atoms with Crippen LogP contribution in [0.4, 0.5) is 0 Å². The second kappa shape index (κ2) is 5.72. The predicted molar refractivity (Wildman–Crippen MR) is 74.4 cm³/mol. The summed E-state index contributed by atoms with van der Waals surface area (Å²) in [5.41, 5.74) is 6.27. The van der Waals surface area contributed by atoms with E-state index < -0.39 is 5.60 Å². The Bertz CT molecular complexity index is 431. The quantitative estimate of drug-likeness (QED) is 0.866. The monoisotopic (exact) mass is 262 g/mol. The lowest BCUT2D eigenvalue weighted by molar-refractivity contribution is -0.137. The van der Waals surface area contributed by atoms with Crippen molar-refractivity contribution >= 4 is 5.91 Å². The molecule has 0 aliphatic carbocycles. The van der Waals surface area contributed by atoms with Gasteiger partial charge in [-0.05, 0) is 25.3 Å². The second-order valence-electron chi connectivity index (χ2n) is 5.64. The standard InChI is InChI=1S/C15H22N2O2/c1-15(19)8-5-9-17(11-15)14(18)10-13(16)12-6-3-2-4-7-12/h2-4,6-7,13,19H,5,8-11,16H2,1H3. The number of piperidine rings is 1. The molecule has 0 aromatic heterocycles. The highest BCUT2D eigenvalue weighted by molar-refractivity contribution is 5.77. The zero-order valence-corrected chi connectivity index (χ0v) is 11.4. The summed E-state index contributed by atoms with van der Waals surface area (Å²) in [7, 11) is 0. The number of hydrogen-bond donors (Lipinski definition) is 2. The lowest BCUT2D eigenvalue weighted by atomic mass is 9.94. The molecule has 2 rings (SSSR count). The first-order chi connectivity index (χ1) is 8.98. The van der Waals surface area contributed by atoms with Crippen molar-refractivity contribution in [2.24, 2.45) is 5.73 Å². The van der Waals surface area contributed by atoms with Gasteiger partial charge in [-0.3, -0.25) is 4.79 Å². The van der Waals surface area contributed by atoms with E-state index in [1.54, 1.807) is 11.8 Å². The van der Waals surface area contributed by atoms with Gasteiger partial charge in [0.15, 0.2) is 0 Å². The summed E-state index contributed by atoms with van der Waals surface area (Å²) in [5.74, 6) is 0.0244. The van der Waals surface area contributed by atoms with Gasteiger partial charge in [-0.2, -0.15) is 0 Å². The van der Waals surface area contributed by atoms with E-state index in [-0.39, 0.29) is 11.9 Å². The number of benzene rings is 1. The van der Waals surface area contributed by atoms with Crippen LogP contribution in [0.2, 0.25) is 0 Å². The number of aliphatic hydroxyl groups is 1. The third-order valence-electron chi connectivity index (χ3n) is 3.65. The maximum absolute atomic E-state index is 12.2. The molecular formula is C15H22N2O2. The van der Waals surface area contributed by atoms with Crippen LogP contribution >= 0.6 is 0 Å². The SMILES string of the molecule is CC1(O)CCCN(C(=O)CC(N)c2ccccc2)C1. The molecule has 0 saturated carbocycles. The van der Waals surface area contributed by atoms with E-state index >= 15 is 0 Å². The highest BCUT2D eigenvalue weighted by atomic mass is 16.3. The Labute approximate surface area is 114 Å². The summed E-state index contributed by atoms with van der Waals surface area (Å²) < 4.78 is 0. The van der Waals surface area contributed by atoms with Crippen LogP contribution in [0.3, 0.4) is 0 Å². The molecule has 1 saturated heterocycles. The minimum Gasteiger partial charge on any atom is -0.388 e. The average Bonchev–Trinajstić information content (AvgIpc) is 2.38. The third-order valence-corrected chi connectivity index (χ3v) is 3.65. The van der Waals surface area contributed by atoms with Crippen LogP contribution in [-0.4, -0.2) is 34.6 Å². The van der Waals surface area contributed by atoms with Crippen LogP contribution in [0.5, 0.6) is 0 Å². The van der Waals surface area contributed by atoms with Crippen LogP contribution in [-0.2, 0) is 4.79 Å². The Kier molecular flexibility index (Phi) is 4.22. The molecule has 1 heterocycles. The van der Waals surface area contributed by atoms with Crippen LogP contribution in [0.25, 0.3) is 0 Å². The first kappa shape index (κ1) is 14.0. The highest BCUT2D eigenvalue weighted by Gasteiger charge is 2.31. The molecule has 1 aliphatic heterocycles. The van der Waals surface area contributed by atoms with Crippen molar-refractivity contribution in [2.75, 3.05) is 13.1 Å². The van der Waals surface area contributed by atoms with Crippen LogP contribution in [0, 0.1) is 0 Å². The fourth-order valence-corrected chi connectivity index (χ4v) is 2.57. The van der Waals surface area contributed by atoms with Gasteiger partial charge in [0.2, 0.25) is 5.91 Å². The van der Waals surface area contributed by atoms with Crippen molar-refractivity contribution in [3.63, 3.8) is 0 Å². The lowest BCUT2D eigenvalue weighted by Gasteiger charge is -2.37. The van der Waals surface area contributed by atoms with Gasteiger partial charge in [-0.25, -0.2) is 0 Å². The van der Waals surface area contributed by atoms with Gasteiger partial charge >= 0.3 is 0 Å². The molecule has 19 heavy (non-hydrogen) atoms. The number of hydrogen-bond acceptors (Lipinski definition) is 3. The summed E-state index contributed by atoms with van der Waals surface area (Å²) in [5, 5.41) is 10.0. The molecule has 1 aromatic carbocycles. The molecule has 4 nitrogen and oxygen atoms in total. The summed E-state index contributed by atoms with van der Waals surface area (Å²) in [6.07, 6.45) is 1.89. The van der Waals surface area contributed by atoms with Gasteiger partial charge in [-0.15, -0.1) is 0 Å². The number of rotatable bonds is 3. The van der Waals surface area contributed by atoms with E-state index in [1.165, 1.54) is 0 Å². The smallest absolute Gasteiger partial charge is 0.224 e. The fraction of sp³-hybridized carbons (Fsp3) is 0.533. The molecule has 104 valence electrons. The fourth-order valence-electron chi connectivity index (χ4n) is 2.57. The van der Waals surface area contributed by atoms with Gasteiger partial charge in [-0.1, -0.05) is 30.3 Å². The topological polar surface area (TPSA) is 66.6 Å². The molecule has 1 amide bonds. The molecule has 1 fully saturated rings. The first-order valence-corrected chi connectivity index (χ1v) is 6.79. The Morgan fingerprint density at radius 2 is 2.16 bits per heavy atom. The van der Waals surface area contributed by atoms with Crippen LogP contribution in [0.1, 0.15) is 37.8 Å². The van der Waals surface area contributed by atoms with Crippen molar-refractivity contribution in [3.05, 3.63) is 35.9 Å². The largest absolute Gasteiger partial charge is 0.388 e. The average molecular weight is 262 g/mol. The second-order valence-corrected chi connectivity index (χ2v) is 5.64. The molecule has 1 aliphatic rings. The van der Waals surface area contributed by atoms with E-state index in [1.807, 2.05) is 30.3 Å². The van der Waals surface area contributed by atoms with E-state index in [0.717, 1.165) is 24.9 Å². The molecule has 0 radical (unpaired) electrons. The summed E-state index contributed by atoms with van der Waals surface area (Å²) >= 11 is 0. The minimum absolute atomic E-state index is 0.0244. The van der Waals surface area contributed by atoms with Crippen molar-refractivity contribution in [1.82, 2.24) is 4.90 Å². The zero-order valence-electron chi connectivity index (χ0n) is 11.4. The van der Waals surface area contributed by atoms with Crippen LogP contribution < -0.4 is 5.73 Å².